The maximum atomic E-state index is 13.0. The molecule has 4 aliphatic rings. The Morgan fingerprint density at radius 2 is 2.07 bits per heavy atom. The van der Waals surface area contributed by atoms with E-state index in [2.05, 4.69) is 16.3 Å². The highest BCUT2D eigenvalue weighted by atomic mass is 16.2. The number of piperidine rings is 2. The third-order valence-electron chi connectivity index (χ3n) is 7.18. The second-order valence-corrected chi connectivity index (χ2v) is 8.81. The SMILES string of the molecule is NCC12CCC(CN1Cc1ccc3c(c1)C(=O)N(C1CCC(=O)NC1=O)C3)C2. The Kier molecular flexibility index (Phi) is 4.07. The van der Waals surface area contributed by atoms with Gasteiger partial charge in [0.15, 0.2) is 0 Å². The Balaban J connectivity index is 1.34. The van der Waals surface area contributed by atoms with E-state index in [1.165, 1.54) is 19.3 Å². The van der Waals surface area contributed by atoms with Crippen molar-refractivity contribution in [3.05, 3.63) is 34.9 Å². The van der Waals surface area contributed by atoms with Gasteiger partial charge in [-0.3, -0.25) is 24.6 Å². The summed E-state index contributed by atoms with van der Waals surface area (Å²) in [6, 6.07) is 5.53. The van der Waals surface area contributed by atoms with E-state index in [9.17, 15) is 14.4 Å². The van der Waals surface area contributed by atoms with Gasteiger partial charge in [-0.15, -0.1) is 0 Å². The molecule has 3 unspecified atom stereocenters. The van der Waals surface area contributed by atoms with Gasteiger partial charge in [0.2, 0.25) is 11.8 Å². The highest BCUT2D eigenvalue weighted by molar-refractivity contribution is 6.05. The predicted octanol–water partition coefficient (Wildman–Crippen LogP) is 0.761. The zero-order valence-corrected chi connectivity index (χ0v) is 15.9. The van der Waals surface area contributed by atoms with Gasteiger partial charge in [-0.1, -0.05) is 12.1 Å². The van der Waals surface area contributed by atoms with Crippen LogP contribution in [0.1, 0.15) is 53.6 Å². The minimum absolute atomic E-state index is 0.108. The summed E-state index contributed by atoms with van der Waals surface area (Å²) < 4.78 is 0. The van der Waals surface area contributed by atoms with Gasteiger partial charge in [0.25, 0.3) is 5.91 Å². The van der Waals surface area contributed by atoms with Crippen LogP contribution in [0.5, 0.6) is 0 Å². The number of carbonyl (C=O) groups excluding carboxylic acids is 3. The number of likely N-dealkylation sites (tertiary alicyclic amines) is 1. The van der Waals surface area contributed by atoms with Gasteiger partial charge in [0, 0.05) is 43.7 Å². The van der Waals surface area contributed by atoms with Crippen molar-refractivity contribution in [1.82, 2.24) is 15.1 Å². The van der Waals surface area contributed by atoms with E-state index in [-0.39, 0.29) is 29.7 Å². The Bertz CT molecular complexity index is 869. The maximum Gasteiger partial charge on any atom is 0.255 e. The molecule has 3 amide bonds. The lowest BCUT2D eigenvalue weighted by Gasteiger charge is -2.38. The number of nitrogens with zero attached hydrogens (tertiary/aromatic N) is 2. The quantitative estimate of drug-likeness (QED) is 0.750. The molecule has 0 radical (unpaired) electrons. The lowest BCUT2D eigenvalue weighted by Crippen LogP contribution is -2.52. The number of fused-ring (bicyclic) bond motifs is 3. The van der Waals surface area contributed by atoms with Crippen LogP contribution in [0.3, 0.4) is 0 Å². The van der Waals surface area contributed by atoms with Crippen molar-refractivity contribution in [2.75, 3.05) is 13.1 Å². The normalized spacial score (nSPS) is 32.2. The van der Waals surface area contributed by atoms with Gasteiger partial charge >= 0.3 is 0 Å². The molecule has 1 aromatic rings. The molecule has 5 rings (SSSR count). The zero-order chi connectivity index (χ0) is 19.5. The zero-order valence-electron chi connectivity index (χ0n) is 15.9. The molecule has 3 N–H and O–H groups in total. The molecular formula is C21H26N4O3. The van der Waals surface area contributed by atoms with Crippen molar-refractivity contribution < 1.29 is 14.4 Å². The number of imide groups is 1. The highest BCUT2D eigenvalue weighted by Crippen LogP contribution is 2.46. The van der Waals surface area contributed by atoms with Crippen LogP contribution >= 0.6 is 0 Å². The molecular weight excluding hydrogens is 356 g/mol. The Morgan fingerprint density at radius 3 is 2.82 bits per heavy atom. The van der Waals surface area contributed by atoms with Gasteiger partial charge in [0.1, 0.15) is 6.04 Å². The molecule has 0 spiro atoms. The Morgan fingerprint density at radius 1 is 1.21 bits per heavy atom. The van der Waals surface area contributed by atoms with Gasteiger partial charge in [-0.2, -0.15) is 0 Å². The largest absolute Gasteiger partial charge is 0.329 e. The summed E-state index contributed by atoms with van der Waals surface area (Å²) in [6.45, 7) is 3.02. The third-order valence-corrected chi connectivity index (χ3v) is 7.18. The molecule has 7 nitrogen and oxygen atoms in total. The van der Waals surface area contributed by atoms with E-state index in [0.717, 1.165) is 30.1 Å². The van der Waals surface area contributed by atoms with Crippen molar-refractivity contribution in [1.29, 1.82) is 0 Å². The van der Waals surface area contributed by atoms with Crippen molar-refractivity contribution >= 4 is 17.7 Å². The maximum absolute atomic E-state index is 13.0. The van der Waals surface area contributed by atoms with Crippen molar-refractivity contribution in [2.45, 2.75) is 56.8 Å². The van der Waals surface area contributed by atoms with E-state index >= 15 is 0 Å². The first kappa shape index (κ1) is 17.8. The molecule has 7 heteroatoms. The standard InChI is InChI=1S/C21H26N4O3/c22-12-21-6-5-14(8-21)10-24(21)9-13-1-2-15-11-25(20(28)16(15)7-13)17-3-4-18(26)23-19(17)27/h1-2,7,14,17H,3-6,8-12,22H2,(H,23,26,27). The molecule has 148 valence electrons. The summed E-state index contributed by atoms with van der Waals surface area (Å²) in [5, 5.41) is 2.35. The predicted molar refractivity (Wildman–Crippen MR) is 102 cm³/mol. The molecule has 2 bridgehead atoms. The van der Waals surface area contributed by atoms with Crippen molar-refractivity contribution in [2.24, 2.45) is 11.7 Å². The summed E-state index contributed by atoms with van der Waals surface area (Å²) in [5.41, 5.74) is 9.02. The van der Waals surface area contributed by atoms with E-state index in [1.807, 2.05) is 12.1 Å². The van der Waals surface area contributed by atoms with Crippen LogP contribution in [0, 0.1) is 5.92 Å². The number of amides is 3. The lowest BCUT2D eigenvalue weighted by atomic mass is 9.96. The number of nitrogens with one attached hydrogen (secondary N) is 1. The first-order valence-electron chi connectivity index (χ1n) is 10.2. The molecule has 3 fully saturated rings. The van der Waals surface area contributed by atoms with Crippen LogP contribution in [0.15, 0.2) is 18.2 Å². The van der Waals surface area contributed by atoms with Crippen LogP contribution in [0.25, 0.3) is 0 Å². The topological polar surface area (TPSA) is 95.7 Å². The fourth-order valence-corrected chi connectivity index (χ4v) is 5.63. The lowest BCUT2D eigenvalue weighted by molar-refractivity contribution is -0.136. The average Bonchev–Trinajstić information content (AvgIpc) is 3.34. The molecule has 28 heavy (non-hydrogen) atoms. The van der Waals surface area contributed by atoms with Crippen LogP contribution in [-0.4, -0.2) is 52.2 Å². The third kappa shape index (κ3) is 2.68. The molecule has 3 atom stereocenters. The Labute approximate surface area is 164 Å². The van der Waals surface area contributed by atoms with Crippen LogP contribution < -0.4 is 11.1 Å². The summed E-state index contributed by atoms with van der Waals surface area (Å²) in [4.78, 5) is 40.7. The summed E-state index contributed by atoms with van der Waals surface area (Å²) >= 11 is 0. The molecule has 1 aromatic carbocycles. The fourth-order valence-electron chi connectivity index (χ4n) is 5.63. The molecule has 3 aliphatic heterocycles. The monoisotopic (exact) mass is 382 g/mol. The van der Waals surface area contributed by atoms with E-state index in [4.69, 9.17) is 5.73 Å². The van der Waals surface area contributed by atoms with E-state index in [0.29, 0.717) is 25.1 Å². The van der Waals surface area contributed by atoms with E-state index < -0.39 is 6.04 Å². The highest BCUT2D eigenvalue weighted by Gasteiger charge is 2.49. The van der Waals surface area contributed by atoms with Gasteiger partial charge in [0.05, 0.1) is 0 Å². The van der Waals surface area contributed by atoms with Gasteiger partial charge in [-0.05, 0) is 48.8 Å². The van der Waals surface area contributed by atoms with Crippen molar-refractivity contribution in [3.63, 3.8) is 0 Å². The number of hydrogen-bond acceptors (Lipinski definition) is 5. The second kappa shape index (κ2) is 6.39. The fraction of sp³-hybridized carbons (Fsp3) is 0.571. The minimum Gasteiger partial charge on any atom is -0.329 e. The van der Waals surface area contributed by atoms with Gasteiger partial charge in [-0.25, -0.2) is 0 Å². The molecule has 1 saturated carbocycles. The van der Waals surface area contributed by atoms with Crippen LogP contribution in [0.2, 0.25) is 0 Å². The number of carbonyl (C=O) groups is 3. The molecule has 3 heterocycles. The first-order valence-corrected chi connectivity index (χ1v) is 10.2. The number of rotatable bonds is 4. The molecule has 1 aliphatic carbocycles. The molecule has 0 aromatic heterocycles. The number of nitrogens with two attached hydrogens (primary N) is 1. The number of benzene rings is 1. The summed E-state index contributed by atoms with van der Waals surface area (Å²) in [6.07, 6.45) is 4.31. The van der Waals surface area contributed by atoms with Crippen LogP contribution in [0.4, 0.5) is 0 Å². The van der Waals surface area contributed by atoms with Crippen molar-refractivity contribution in [3.8, 4) is 0 Å². The summed E-state index contributed by atoms with van der Waals surface area (Å²) in [7, 11) is 0. The summed E-state index contributed by atoms with van der Waals surface area (Å²) in [5.74, 6) is 0.0162. The first-order chi connectivity index (χ1) is 13.5. The van der Waals surface area contributed by atoms with Crippen LogP contribution in [-0.2, 0) is 22.7 Å². The minimum atomic E-state index is -0.559. The van der Waals surface area contributed by atoms with E-state index in [1.54, 1.807) is 4.90 Å². The number of hydrogen-bond donors (Lipinski definition) is 2. The Hall–Kier alpha value is -2.25. The second-order valence-electron chi connectivity index (χ2n) is 8.81. The molecule has 2 saturated heterocycles. The average molecular weight is 382 g/mol. The van der Waals surface area contributed by atoms with Gasteiger partial charge < -0.3 is 10.6 Å². The smallest absolute Gasteiger partial charge is 0.255 e.